The molecule has 0 bridgehead atoms. The van der Waals surface area contributed by atoms with Crippen LogP contribution in [0.3, 0.4) is 0 Å². The Morgan fingerprint density at radius 1 is 0.969 bits per heavy atom. The lowest BCUT2D eigenvalue weighted by Gasteiger charge is -2.15. The first-order chi connectivity index (χ1) is 15.7. The third-order valence-corrected chi connectivity index (χ3v) is 5.74. The van der Waals surface area contributed by atoms with Gasteiger partial charge in [0.25, 0.3) is 0 Å². The molecule has 1 aliphatic rings. The number of nitrogen functional groups attached to an aromatic ring is 1. The zero-order chi connectivity index (χ0) is 21.9. The van der Waals surface area contributed by atoms with Gasteiger partial charge < -0.3 is 19.8 Å². The zero-order valence-corrected chi connectivity index (χ0v) is 17.7. The van der Waals surface area contributed by atoms with Crippen LogP contribution >= 0.6 is 0 Å². The molecule has 2 unspecified atom stereocenters. The van der Waals surface area contributed by atoms with E-state index in [1.807, 2.05) is 53.1 Å². The molecule has 7 heteroatoms. The highest BCUT2D eigenvalue weighted by molar-refractivity contribution is 5.77. The second kappa shape index (κ2) is 8.80. The molecule has 0 amide bonds. The van der Waals surface area contributed by atoms with Crippen molar-refractivity contribution >= 4 is 17.1 Å². The Hall–Kier alpha value is -3.71. The van der Waals surface area contributed by atoms with E-state index in [-0.39, 0.29) is 18.1 Å². The number of nitrogens with zero attached hydrogens (tertiary/aromatic N) is 4. The maximum Gasteiger partial charge on any atom is 0.247 e. The van der Waals surface area contributed by atoms with Crippen molar-refractivity contribution in [3.8, 4) is 5.88 Å². The maximum absolute atomic E-state index is 6.16. The van der Waals surface area contributed by atoms with E-state index in [1.165, 1.54) is 0 Å². The van der Waals surface area contributed by atoms with Crippen LogP contribution < -0.4 is 10.5 Å². The third kappa shape index (κ3) is 4.20. The number of nitrogens with two attached hydrogens (primary N) is 1. The largest absolute Gasteiger partial charge is 0.471 e. The standard InChI is InChI=1S/C25H25N5O2/c1-17-12-20(31-14-18-8-4-2-5-9-18)13-21(17)30-16-27-22-23(30)28-25(26)29-24(22)32-15-19-10-6-3-7-11-19/h2-11,16,20-21H,1,12-15H2,(H2,26,28,29). The Morgan fingerprint density at radius 2 is 1.66 bits per heavy atom. The highest BCUT2D eigenvalue weighted by Gasteiger charge is 2.31. The second-order valence-corrected chi connectivity index (χ2v) is 8.02. The number of aromatic nitrogens is 4. The van der Waals surface area contributed by atoms with Crippen molar-refractivity contribution in [2.24, 2.45) is 0 Å². The summed E-state index contributed by atoms with van der Waals surface area (Å²) in [6.45, 7) is 5.26. The molecular formula is C25H25N5O2. The Balaban J connectivity index is 1.34. The first-order valence-electron chi connectivity index (χ1n) is 10.7. The maximum atomic E-state index is 6.16. The highest BCUT2D eigenvalue weighted by Crippen LogP contribution is 2.38. The summed E-state index contributed by atoms with van der Waals surface area (Å²) >= 11 is 0. The van der Waals surface area contributed by atoms with Crippen LogP contribution in [0.2, 0.25) is 0 Å². The lowest BCUT2D eigenvalue weighted by Crippen LogP contribution is -2.11. The normalized spacial score (nSPS) is 18.3. The molecule has 1 fully saturated rings. The van der Waals surface area contributed by atoms with Crippen LogP contribution in [-0.4, -0.2) is 25.6 Å². The summed E-state index contributed by atoms with van der Waals surface area (Å²) in [6.07, 6.45) is 3.47. The fraction of sp³-hybridized carbons (Fsp3) is 0.240. The minimum Gasteiger partial charge on any atom is -0.471 e. The number of hydrogen-bond donors (Lipinski definition) is 1. The summed E-state index contributed by atoms with van der Waals surface area (Å²) in [5.41, 5.74) is 10.5. The predicted molar refractivity (Wildman–Crippen MR) is 123 cm³/mol. The molecule has 0 aliphatic heterocycles. The summed E-state index contributed by atoms with van der Waals surface area (Å²) in [5.74, 6) is 0.540. The van der Waals surface area contributed by atoms with Crippen LogP contribution in [0.4, 0.5) is 5.95 Å². The number of rotatable bonds is 7. The van der Waals surface area contributed by atoms with Crippen molar-refractivity contribution in [3.63, 3.8) is 0 Å². The lowest BCUT2D eigenvalue weighted by atomic mass is 10.2. The van der Waals surface area contributed by atoms with E-state index in [4.69, 9.17) is 15.2 Å². The van der Waals surface area contributed by atoms with Gasteiger partial charge in [-0.2, -0.15) is 9.97 Å². The molecule has 7 nitrogen and oxygen atoms in total. The van der Waals surface area contributed by atoms with E-state index in [2.05, 4.69) is 33.7 Å². The van der Waals surface area contributed by atoms with Crippen molar-refractivity contribution in [2.75, 3.05) is 5.73 Å². The molecule has 32 heavy (non-hydrogen) atoms. The highest BCUT2D eigenvalue weighted by atomic mass is 16.5. The number of imidazole rings is 1. The first kappa shape index (κ1) is 20.2. The molecule has 2 aromatic carbocycles. The van der Waals surface area contributed by atoms with E-state index in [1.54, 1.807) is 6.33 Å². The van der Waals surface area contributed by atoms with Crippen LogP contribution in [0.1, 0.15) is 30.0 Å². The van der Waals surface area contributed by atoms with Crippen LogP contribution in [-0.2, 0) is 18.0 Å². The van der Waals surface area contributed by atoms with Crippen molar-refractivity contribution < 1.29 is 9.47 Å². The van der Waals surface area contributed by atoms with Gasteiger partial charge in [0.2, 0.25) is 11.8 Å². The van der Waals surface area contributed by atoms with Gasteiger partial charge >= 0.3 is 0 Å². The summed E-state index contributed by atoms with van der Waals surface area (Å²) in [7, 11) is 0. The third-order valence-electron chi connectivity index (χ3n) is 5.74. The van der Waals surface area contributed by atoms with Crippen molar-refractivity contribution in [2.45, 2.75) is 38.2 Å². The SMILES string of the molecule is C=C1CC(OCc2ccccc2)CC1n1cnc2c(OCc3ccccc3)nc(N)nc21. The van der Waals surface area contributed by atoms with Gasteiger partial charge in [0.05, 0.1) is 25.1 Å². The van der Waals surface area contributed by atoms with Crippen molar-refractivity contribution in [3.05, 3.63) is 90.3 Å². The molecule has 2 atom stereocenters. The molecule has 2 N–H and O–H groups in total. The Kier molecular flexibility index (Phi) is 5.56. The van der Waals surface area contributed by atoms with E-state index in [0.29, 0.717) is 30.3 Å². The smallest absolute Gasteiger partial charge is 0.247 e. The van der Waals surface area contributed by atoms with Crippen LogP contribution in [0.5, 0.6) is 5.88 Å². The number of ether oxygens (including phenoxy) is 2. The average molecular weight is 428 g/mol. The Labute approximate surface area is 186 Å². The van der Waals surface area contributed by atoms with Crippen LogP contribution in [0.25, 0.3) is 11.2 Å². The average Bonchev–Trinajstić information content (AvgIpc) is 3.40. The Bertz CT molecular complexity index is 1220. The fourth-order valence-corrected chi connectivity index (χ4v) is 4.11. The van der Waals surface area contributed by atoms with Gasteiger partial charge in [0, 0.05) is 0 Å². The molecule has 2 heterocycles. The number of benzene rings is 2. The second-order valence-electron chi connectivity index (χ2n) is 8.02. The molecule has 2 aromatic heterocycles. The van der Waals surface area contributed by atoms with Gasteiger partial charge in [-0.3, -0.25) is 0 Å². The van der Waals surface area contributed by atoms with Gasteiger partial charge in [-0.05, 0) is 24.0 Å². The summed E-state index contributed by atoms with van der Waals surface area (Å²) < 4.78 is 14.1. The summed E-state index contributed by atoms with van der Waals surface area (Å²) in [5, 5.41) is 0. The molecule has 4 aromatic rings. The van der Waals surface area contributed by atoms with E-state index >= 15 is 0 Å². The topological polar surface area (TPSA) is 88.1 Å². The minimum atomic E-state index is 0.0389. The van der Waals surface area contributed by atoms with Crippen molar-refractivity contribution in [1.29, 1.82) is 0 Å². The summed E-state index contributed by atoms with van der Waals surface area (Å²) in [6, 6.07) is 20.1. The molecule has 162 valence electrons. The number of anilines is 1. The van der Waals surface area contributed by atoms with E-state index in [9.17, 15) is 0 Å². The molecule has 0 radical (unpaired) electrons. The first-order valence-corrected chi connectivity index (χ1v) is 10.7. The number of fused-ring (bicyclic) bond motifs is 1. The molecule has 0 saturated heterocycles. The van der Waals surface area contributed by atoms with E-state index < -0.39 is 0 Å². The quantitative estimate of drug-likeness (QED) is 0.438. The molecule has 1 aliphatic carbocycles. The van der Waals surface area contributed by atoms with Gasteiger partial charge in [-0.15, -0.1) is 0 Å². The predicted octanol–water partition coefficient (Wildman–Crippen LogP) is 4.46. The zero-order valence-electron chi connectivity index (χ0n) is 17.7. The number of hydrogen-bond acceptors (Lipinski definition) is 6. The van der Waals surface area contributed by atoms with Gasteiger partial charge in [-0.25, -0.2) is 4.98 Å². The Morgan fingerprint density at radius 3 is 2.38 bits per heavy atom. The van der Waals surface area contributed by atoms with Crippen LogP contribution in [0, 0.1) is 0 Å². The van der Waals surface area contributed by atoms with Gasteiger partial charge in [-0.1, -0.05) is 72.8 Å². The monoisotopic (exact) mass is 427 g/mol. The fourth-order valence-electron chi connectivity index (χ4n) is 4.11. The lowest BCUT2D eigenvalue weighted by molar-refractivity contribution is 0.0444. The molecule has 1 saturated carbocycles. The molecule has 5 rings (SSSR count). The minimum absolute atomic E-state index is 0.0389. The van der Waals surface area contributed by atoms with Crippen molar-refractivity contribution in [1.82, 2.24) is 19.5 Å². The molecular weight excluding hydrogens is 402 g/mol. The van der Waals surface area contributed by atoms with Gasteiger partial charge in [0.15, 0.2) is 11.2 Å². The van der Waals surface area contributed by atoms with E-state index in [0.717, 1.165) is 29.5 Å². The van der Waals surface area contributed by atoms with Crippen LogP contribution in [0.15, 0.2) is 79.1 Å². The molecule has 0 spiro atoms. The van der Waals surface area contributed by atoms with Gasteiger partial charge in [0.1, 0.15) is 6.61 Å². The summed E-state index contributed by atoms with van der Waals surface area (Å²) in [4.78, 5) is 13.3.